The van der Waals surface area contributed by atoms with Crippen LogP contribution in [0.2, 0.25) is 5.02 Å². The summed E-state index contributed by atoms with van der Waals surface area (Å²) >= 11 is 8.31. The van der Waals surface area contributed by atoms with Gasteiger partial charge in [0.25, 0.3) is 0 Å². The van der Waals surface area contributed by atoms with E-state index in [1.165, 1.54) is 43.0 Å². The van der Waals surface area contributed by atoms with E-state index >= 15 is 0 Å². The van der Waals surface area contributed by atoms with Gasteiger partial charge in [0, 0.05) is 22.7 Å². The SMILES string of the molecule is CC(C)(C)c1ccc(N(c2ccc(C(C)(C)C)cc2)c2cc([Si](c3ccccc3)(c3ccccc3)c3ccccc3)cc(N(c3ccc(C(C)(C)C)cc3)c3ccc(C(C)(C)C)cc3)c2Cl)cc1. The maximum atomic E-state index is 8.31. The number of hydrogen-bond acceptors (Lipinski definition) is 2. The van der Waals surface area contributed by atoms with Crippen LogP contribution in [0.1, 0.15) is 105 Å². The van der Waals surface area contributed by atoms with E-state index in [0.29, 0.717) is 5.02 Å². The lowest BCUT2D eigenvalue weighted by Gasteiger charge is -2.38. The Balaban J connectivity index is 1.54. The van der Waals surface area contributed by atoms with Crippen LogP contribution in [-0.2, 0) is 21.7 Å². The summed E-state index contributed by atoms with van der Waals surface area (Å²) in [6, 6.07) is 74.8. The van der Waals surface area contributed by atoms with Crippen molar-refractivity contribution in [3.63, 3.8) is 0 Å². The minimum Gasteiger partial charge on any atom is -0.309 e. The van der Waals surface area contributed by atoms with Crippen LogP contribution in [0.3, 0.4) is 0 Å². The zero-order valence-corrected chi connectivity index (χ0v) is 44.1. The highest BCUT2D eigenvalue weighted by Crippen LogP contribution is 2.48. The predicted molar refractivity (Wildman–Crippen MR) is 299 cm³/mol. The van der Waals surface area contributed by atoms with E-state index in [-0.39, 0.29) is 21.7 Å². The van der Waals surface area contributed by atoms with Gasteiger partial charge >= 0.3 is 0 Å². The van der Waals surface area contributed by atoms with Gasteiger partial charge in [-0.05, 0) is 125 Å². The van der Waals surface area contributed by atoms with Gasteiger partial charge < -0.3 is 9.80 Å². The van der Waals surface area contributed by atoms with Gasteiger partial charge in [-0.15, -0.1) is 0 Å². The van der Waals surface area contributed by atoms with Gasteiger partial charge in [-0.2, -0.15) is 0 Å². The third-order valence-corrected chi connectivity index (χ3v) is 18.7. The van der Waals surface area contributed by atoms with E-state index in [4.69, 9.17) is 11.6 Å². The molecule has 0 saturated carbocycles. The zero-order chi connectivity index (χ0) is 48.6. The van der Waals surface area contributed by atoms with E-state index in [2.05, 4.69) is 293 Å². The molecule has 0 radical (unpaired) electrons. The molecule has 0 saturated heterocycles. The first kappa shape index (κ1) is 48.3. The highest BCUT2D eigenvalue weighted by Gasteiger charge is 2.43. The van der Waals surface area contributed by atoms with Crippen LogP contribution >= 0.6 is 11.6 Å². The Hall–Kier alpha value is -6.13. The van der Waals surface area contributed by atoms with E-state index < -0.39 is 8.07 Å². The first-order valence-electron chi connectivity index (χ1n) is 24.2. The van der Waals surface area contributed by atoms with Gasteiger partial charge in [0.05, 0.1) is 16.4 Å². The van der Waals surface area contributed by atoms with Crippen molar-refractivity contribution in [2.75, 3.05) is 9.80 Å². The Labute approximate surface area is 414 Å². The average Bonchev–Trinajstić information content (AvgIpc) is 3.31. The lowest BCUT2D eigenvalue weighted by molar-refractivity contribution is 0.590. The Morgan fingerprint density at radius 2 is 0.515 bits per heavy atom. The van der Waals surface area contributed by atoms with Gasteiger partial charge in [-0.3, -0.25) is 0 Å². The molecule has 0 aliphatic heterocycles. The average molecular weight is 930 g/mol. The topological polar surface area (TPSA) is 6.48 Å². The van der Waals surface area contributed by atoms with E-state index in [0.717, 1.165) is 34.1 Å². The summed E-state index contributed by atoms with van der Waals surface area (Å²) in [4.78, 5) is 4.77. The van der Waals surface area contributed by atoms with Crippen molar-refractivity contribution in [1.29, 1.82) is 0 Å². The summed E-state index contributed by atoms with van der Waals surface area (Å²) < 4.78 is 0. The van der Waals surface area contributed by atoms with Crippen molar-refractivity contribution < 1.29 is 0 Å². The molecule has 0 aliphatic rings. The van der Waals surface area contributed by atoms with Gasteiger partial charge in [0.2, 0.25) is 0 Å². The molecule has 0 heterocycles. The fraction of sp³-hybridized carbons (Fsp3) is 0.250. The molecule has 68 heavy (non-hydrogen) atoms. The van der Waals surface area contributed by atoms with Gasteiger partial charge in [-0.1, -0.05) is 234 Å². The Morgan fingerprint density at radius 3 is 0.721 bits per heavy atom. The Kier molecular flexibility index (Phi) is 13.3. The molecular weight excluding hydrogens is 860 g/mol. The Morgan fingerprint density at radius 1 is 0.294 bits per heavy atom. The normalized spacial score (nSPS) is 12.5. The number of benzene rings is 8. The maximum Gasteiger partial charge on any atom is 0.179 e. The molecule has 0 fully saturated rings. The number of rotatable bonds is 10. The van der Waals surface area contributed by atoms with Crippen molar-refractivity contribution >= 4 is 74.5 Å². The quantitative estimate of drug-likeness (QED) is 0.0996. The van der Waals surface area contributed by atoms with Crippen LogP contribution in [0.15, 0.2) is 200 Å². The summed E-state index contributed by atoms with van der Waals surface area (Å²) in [7, 11) is -3.13. The third kappa shape index (κ3) is 9.75. The molecule has 0 bridgehead atoms. The van der Waals surface area contributed by atoms with E-state index in [1.54, 1.807) is 0 Å². The standard InChI is InChI=1S/C64H69ClN2Si/c1-61(2,3)46-28-36-50(37-29-46)66(51-38-30-47(31-39-51)62(4,5)6)58-44-57(68(54-22-16-13-17-23-54,55-24-18-14-19-25-55)56-26-20-15-21-27-56)45-59(60(58)65)67(52-40-32-48(33-41-52)63(7,8)9)53-42-34-49(35-43-53)64(10,11)12/h13-45H,1-12H3. The van der Waals surface area contributed by atoms with E-state index in [1.807, 2.05) is 0 Å². The highest BCUT2D eigenvalue weighted by molar-refractivity contribution is 7.20. The van der Waals surface area contributed by atoms with Gasteiger partial charge in [-0.25, -0.2) is 0 Å². The van der Waals surface area contributed by atoms with Crippen molar-refractivity contribution in [2.24, 2.45) is 0 Å². The molecule has 2 nitrogen and oxygen atoms in total. The fourth-order valence-corrected chi connectivity index (χ4v) is 14.6. The van der Waals surface area contributed by atoms with Gasteiger partial charge in [0.15, 0.2) is 8.07 Å². The molecule has 0 amide bonds. The van der Waals surface area contributed by atoms with Crippen LogP contribution in [0.5, 0.6) is 0 Å². The van der Waals surface area contributed by atoms with Crippen molar-refractivity contribution in [3.05, 3.63) is 227 Å². The highest BCUT2D eigenvalue weighted by atomic mass is 35.5. The summed E-state index contributed by atoms with van der Waals surface area (Å²) in [5, 5.41) is 5.76. The second-order valence-corrected chi connectivity index (χ2v) is 26.7. The molecule has 0 N–H and O–H groups in total. The van der Waals surface area contributed by atoms with E-state index in [9.17, 15) is 0 Å². The summed E-state index contributed by atoms with van der Waals surface area (Å²) in [6.45, 7) is 27.3. The van der Waals surface area contributed by atoms with Gasteiger partial charge in [0.1, 0.15) is 0 Å². The second-order valence-electron chi connectivity index (χ2n) is 22.5. The minimum absolute atomic E-state index is 0.0136. The van der Waals surface area contributed by atoms with Crippen LogP contribution in [0, 0.1) is 0 Å². The van der Waals surface area contributed by atoms with Crippen molar-refractivity contribution in [1.82, 2.24) is 0 Å². The smallest absolute Gasteiger partial charge is 0.179 e. The number of nitrogens with zero attached hydrogens (tertiary/aromatic N) is 2. The van der Waals surface area contributed by atoms with Crippen LogP contribution in [0.4, 0.5) is 34.1 Å². The van der Waals surface area contributed by atoms with Crippen molar-refractivity contribution in [2.45, 2.75) is 105 Å². The molecule has 0 atom stereocenters. The molecule has 8 aromatic carbocycles. The largest absolute Gasteiger partial charge is 0.309 e. The monoisotopic (exact) mass is 928 g/mol. The lowest BCUT2D eigenvalue weighted by Crippen LogP contribution is -2.74. The second kappa shape index (κ2) is 18.7. The molecule has 346 valence electrons. The summed E-state index contributed by atoms with van der Waals surface area (Å²) in [5.74, 6) is 0. The van der Waals surface area contributed by atoms with Crippen LogP contribution in [-0.4, -0.2) is 8.07 Å². The summed E-state index contributed by atoms with van der Waals surface area (Å²) in [6.07, 6.45) is 0. The molecular formula is C64H69ClN2Si. The summed E-state index contributed by atoms with van der Waals surface area (Å²) in [5.41, 5.74) is 11.0. The molecule has 0 spiro atoms. The number of halogens is 1. The number of anilines is 6. The molecule has 0 unspecified atom stereocenters. The predicted octanol–water partition coefficient (Wildman–Crippen LogP) is 15.8. The fourth-order valence-electron chi connectivity index (χ4n) is 9.50. The molecule has 8 aromatic rings. The molecule has 0 aliphatic carbocycles. The molecule has 0 aromatic heterocycles. The van der Waals surface area contributed by atoms with Crippen LogP contribution < -0.4 is 30.5 Å². The van der Waals surface area contributed by atoms with Crippen LogP contribution in [0.25, 0.3) is 0 Å². The first-order valence-corrected chi connectivity index (χ1v) is 26.6. The minimum atomic E-state index is -3.13. The third-order valence-electron chi connectivity index (χ3n) is 13.5. The molecule has 4 heteroatoms. The molecule has 8 rings (SSSR count). The number of hydrogen-bond donors (Lipinski definition) is 0. The lowest BCUT2D eigenvalue weighted by atomic mass is 9.86. The first-order chi connectivity index (χ1) is 32.2. The maximum absolute atomic E-state index is 8.31. The zero-order valence-electron chi connectivity index (χ0n) is 42.3. The van der Waals surface area contributed by atoms with Crippen molar-refractivity contribution in [3.8, 4) is 0 Å². The Bertz CT molecular complexity index is 2580.